The second-order valence-corrected chi connectivity index (χ2v) is 4.93. The molecule has 0 heterocycles. The summed E-state index contributed by atoms with van der Waals surface area (Å²) in [6.07, 6.45) is 4.62. The van der Waals surface area contributed by atoms with Crippen molar-refractivity contribution in [2.45, 2.75) is 50.8 Å². The fourth-order valence-electron chi connectivity index (χ4n) is 1.64. The Bertz CT molecular complexity index is 122. The Balaban J connectivity index is 3.81. The molecule has 0 aromatic carbocycles. The highest BCUT2D eigenvalue weighted by Crippen LogP contribution is 2.21. The molecule has 0 aliphatic heterocycles. The van der Waals surface area contributed by atoms with E-state index >= 15 is 0 Å². The SMILES string of the molecule is CCCC(NC)C(CC)SCCCO. The normalized spacial score (nSPS) is 15.4. The Morgan fingerprint density at radius 3 is 2.50 bits per heavy atom. The van der Waals surface area contributed by atoms with Crippen molar-refractivity contribution in [3.05, 3.63) is 0 Å². The fourth-order valence-corrected chi connectivity index (χ4v) is 2.98. The second kappa shape index (κ2) is 9.81. The average molecular weight is 219 g/mol. The molecule has 0 saturated heterocycles. The first-order chi connectivity index (χ1) is 6.79. The Labute approximate surface area is 92.9 Å². The third-order valence-electron chi connectivity index (χ3n) is 2.46. The molecule has 0 aliphatic rings. The minimum Gasteiger partial charge on any atom is -0.396 e. The van der Waals surface area contributed by atoms with Crippen molar-refractivity contribution in [1.82, 2.24) is 5.32 Å². The molecule has 0 amide bonds. The number of aliphatic hydroxyl groups is 1. The summed E-state index contributed by atoms with van der Waals surface area (Å²) in [6, 6.07) is 0.633. The quantitative estimate of drug-likeness (QED) is 0.584. The van der Waals surface area contributed by atoms with Gasteiger partial charge in [0.1, 0.15) is 0 Å². The lowest BCUT2D eigenvalue weighted by Gasteiger charge is -2.25. The van der Waals surface area contributed by atoms with Gasteiger partial charge in [0.2, 0.25) is 0 Å². The van der Waals surface area contributed by atoms with E-state index in [-0.39, 0.29) is 0 Å². The van der Waals surface area contributed by atoms with Crippen LogP contribution in [0.15, 0.2) is 0 Å². The molecule has 2 atom stereocenters. The summed E-state index contributed by atoms with van der Waals surface area (Å²) in [5.74, 6) is 1.08. The number of hydrogen-bond donors (Lipinski definition) is 2. The van der Waals surface area contributed by atoms with Crippen LogP contribution in [-0.2, 0) is 0 Å². The molecule has 2 unspecified atom stereocenters. The molecule has 86 valence electrons. The van der Waals surface area contributed by atoms with Gasteiger partial charge in [-0.15, -0.1) is 0 Å². The van der Waals surface area contributed by atoms with Gasteiger partial charge in [-0.1, -0.05) is 20.3 Å². The topological polar surface area (TPSA) is 32.3 Å². The van der Waals surface area contributed by atoms with E-state index in [2.05, 4.69) is 26.2 Å². The lowest BCUT2D eigenvalue weighted by molar-refractivity contribution is 0.296. The van der Waals surface area contributed by atoms with Crippen LogP contribution in [0.2, 0.25) is 0 Å². The number of nitrogens with one attached hydrogen (secondary N) is 1. The van der Waals surface area contributed by atoms with Gasteiger partial charge in [0.05, 0.1) is 0 Å². The van der Waals surface area contributed by atoms with Gasteiger partial charge in [-0.05, 0) is 32.1 Å². The lowest BCUT2D eigenvalue weighted by Crippen LogP contribution is -2.35. The molecule has 0 bridgehead atoms. The third-order valence-corrected chi connectivity index (χ3v) is 4.07. The first-order valence-corrected chi connectivity index (χ1v) is 6.74. The maximum Gasteiger partial charge on any atom is 0.0438 e. The molecule has 2 N–H and O–H groups in total. The van der Waals surface area contributed by atoms with Crippen LogP contribution in [0.4, 0.5) is 0 Å². The van der Waals surface area contributed by atoms with Gasteiger partial charge in [-0.2, -0.15) is 11.8 Å². The van der Waals surface area contributed by atoms with Crippen LogP contribution in [0.3, 0.4) is 0 Å². The van der Waals surface area contributed by atoms with Crippen molar-refractivity contribution < 1.29 is 5.11 Å². The largest absolute Gasteiger partial charge is 0.396 e. The first-order valence-electron chi connectivity index (χ1n) is 5.69. The van der Waals surface area contributed by atoms with E-state index in [1.54, 1.807) is 0 Å². The summed E-state index contributed by atoms with van der Waals surface area (Å²) >= 11 is 2.00. The van der Waals surface area contributed by atoms with E-state index in [0.717, 1.165) is 12.2 Å². The van der Waals surface area contributed by atoms with Gasteiger partial charge in [0.15, 0.2) is 0 Å². The van der Waals surface area contributed by atoms with Crippen LogP contribution in [0.25, 0.3) is 0 Å². The van der Waals surface area contributed by atoms with Gasteiger partial charge in [0, 0.05) is 17.9 Å². The molecule has 0 saturated carbocycles. The zero-order chi connectivity index (χ0) is 10.8. The minimum absolute atomic E-state index is 0.321. The van der Waals surface area contributed by atoms with Crippen LogP contribution >= 0.6 is 11.8 Å². The van der Waals surface area contributed by atoms with Crippen molar-refractivity contribution in [2.75, 3.05) is 19.4 Å². The molecule has 0 radical (unpaired) electrons. The van der Waals surface area contributed by atoms with Crippen LogP contribution in [-0.4, -0.2) is 35.8 Å². The van der Waals surface area contributed by atoms with E-state index < -0.39 is 0 Å². The van der Waals surface area contributed by atoms with Gasteiger partial charge < -0.3 is 10.4 Å². The van der Waals surface area contributed by atoms with Crippen molar-refractivity contribution in [3.63, 3.8) is 0 Å². The Morgan fingerprint density at radius 1 is 1.36 bits per heavy atom. The predicted molar refractivity (Wildman–Crippen MR) is 66.0 cm³/mol. The average Bonchev–Trinajstić information content (AvgIpc) is 2.22. The van der Waals surface area contributed by atoms with Crippen molar-refractivity contribution in [1.29, 1.82) is 0 Å². The minimum atomic E-state index is 0.321. The molecule has 3 heteroatoms. The molecule has 0 aromatic heterocycles. The Hall–Kier alpha value is 0.270. The summed E-state index contributed by atoms with van der Waals surface area (Å²) in [6.45, 7) is 4.80. The first kappa shape index (κ1) is 14.3. The summed E-state index contributed by atoms with van der Waals surface area (Å²) in [7, 11) is 2.05. The molecule has 0 aromatic rings. The van der Waals surface area contributed by atoms with E-state index in [1.807, 2.05) is 11.8 Å². The van der Waals surface area contributed by atoms with E-state index in [4.69, 9.17) is 5.11 Å². The van der Waals surface area contributed by atoms with Gasteiger partial charge in [-0.3, -0.25) is 0 Å². The zero-order valence-corrected chi connectivity index (χ0v) is 10.6. The molecule has 0 spiro atoms. The third kappa shape index (κ3) is 5.89. The van der Waals surface area contributed by atoms with Gasteiger partial charge >= 0.3 is 0 Å². The standard InChI is InChI=1S/C11H25NOS/c1-4-7-10(12-3)11(5-2)14-9-6-8-13/h10-13H,4-9H2,1-3H3. The van der Waals surface area contributed by atoms with Crippen LogP contribution in [0, 0.1) is 0 Å². The van der Waals surface area contributed by atoms with Crippen LogP contribution in [0.1, 0.15) is 39.5 Å². The molecule has 2 nitrogen and oxygen atoms in total. The van der Waals surface area contributed by atoms with E-state index in [0.29, 0.717) is 17.9 Å². The highest BCUT2D eigenvalue weighted by Gasteiger charge is 2.17. The molecular weight excluding hydrogens is 194 g/mol. The summed E-state index contributed by atoms with van der Waals surface area (Å²) in [5.41, 5.74) is 0. The van der Waals surface area contributed by atoms with Crippen molar-refractivity contribution >= 4 is 11.8 Å². The summed E-state index contributed by atoms with van der Waals surface area (Å²) < 4.78 is 0. The maximum absolute atomic E-state index is 8.72. The Kier molecular flexibility index (Phi) is 10.0. The number of rotatable bonds is 9. The fraction of sp³-hybridized carbons (Fsp3) is 1.00. The predicted octanol–water partition coefficient (Wildman–Crippen LogP) is 2.27. The van der Waals surface area contributed by atoms with Gasteiger partial charge in [0.25, 0.3) is 0 Å². The molecule has 14 heavy (non-hydrogen) atoms. The number of hydrogen-bond acceptors (Lipinski definition) is 3. The van der Waals surface area contributed by atoms with Crippen molar-refractivity contribution in [2.24, 2.45) is 0 Å². The van der Waals surface area contributed by atoms with E-state index in [1.165, 1.54) is 19.3 Å². The molecule has 0 fully saturated rings. The maximum atomic E-state index is 8.72. The molecule has 0 aliphatic carbocycles. The Morgan fingerprint density at radius 2 is 2.07 bits per heavy atom. The van der Waals surface area contributed by atoms with Crippen LogP contribution in [0.5, 0.6) is 0 Å². The number of thioether (sulfide) groups is 1. The lowest BCUT2D eigenvalue weighted by atomic mass is 10.1. The highest BCUT2D eigenvalue weighted by atomic mass is 32.2. The smallest absolute Gasteiger partial charge is 0.0438 e. The number of aliphatic hydroxyl groups excluding tert-OH is 1. The van der Waals surface area contributed by atoms with Crippen molar-refractivity contribution in [3.8, 4) is 0 Å². The monoisotopic (exact) mass is 219 g/mol. The molecular formula is C11H25NOS. The highest BCUT2D eigenvalue weighted by molar-refractivity contribution is 7.99. The summed E-state index contributed by atoms with van der Waals surface area (Å²) in [5, 5.41) is 12.8. The second-order valence-electron chi connectivity index (χ2n) is 3.58. The van der Waals surface area contributed by atoms with E-state index in [9.17, 15) is 0 Å². The summed E-state index contributed by atoms with van der Waals surface area (Å²) in [4.78, 5) is 0. The zero-order valence-electron chi connectivity index (χ0n) is 9.75. The van der Waals surface area contributed by atoms with Gasteiger partial charge in [-0.25, -0.2) is 0 Å². The molecule has 0 rings (SSSR count). The van der Waals surface area contributed by atoms with Crippen LogP contribution < -0.4 is 5.32 Å².